The van der Waals surface area contributed by atoms with Crippen LogP contribution in [-0.4, -0.2) is 36.0 Å². The number of thioether (sulfide) groups is 1. The minimum Gasteiger partial charge on any atom is -0.354 e. The second-order valence-electron chi connectivity index (χ2n) is 5.23. The van der Waals surface area contributed by atoms with E-state index in [-0.39, 0.29) is 10.7 Å². The number of amides is 1. The van der Waals surface area contributed by atoms with E-state index >= 15 is 0 Å². The van der Waals surface area contributed by atoms with Crippen molar-refractivity contribution in [3.05, 3.63) is 0 Å². The first kappa shape index (κ1) is 15.8. The second-order valence-corrected chi connectivity index (χ2v) is 6.51. The zero-order valence-electron chi connectivity index (χ0n) is 12.1. The Morgan fingerprint density at radius 3 is 2.39 bits per heavy atom. The van der Waals surface area contributed by atoms with E-state index in [4.69, 9.17) is 0 Å². The Hall–Kier alpha value is -0.220. The molecule has 0 aromatic rings. The monoisotopic (exact) mass is 272 g/mol. The number of hydrogen-bond acceptors (Lipinski definition) is 3. The summed E-state index contributed by atoms with van der Waals surface area (Å²) in [5, 5.41) is 6.43. The van der Waals surface area contributed by atoms with Gasteiger partial charge in [-0.05, 0) is 31.9 Å². The van der Waals surface area contributed by atoms with Crippen molar-refractivity contribution in [2.75, 3.05) is 19.3 Å². The lowest BCUT2D eigenvalue weighted by Crippen LogP contribution is -2.44. The average Bonchev–Trinajstić information content (AvgIpc) is 2.92. The number of carbonyl (C=O) groups is 1. The summed E-state index contributed by atoms with van der Waals surface area (Å²) in [5.41, 5.74) is 0. The molecule has 106 valence electrons. The summed E-state index contributed by atoms with van der Waals surface area (Å²) in [7, 11) is 0. The smallest absolute Gasteiger partial charge is 0.234 e. The third-order valence-electron chi connectivity index (χ3n) is 4.24. The molecule has 1 aliphatic carbocycles. The highest BCUT2D eigenvalue weighted by Gasteiger charge is 2.25. The molecule has 0 radical (unpaired) electrons. The molecule has 1 saturated carbocycles. The van der Waals surface area contributed by atoms with E-state index in [1.165, 1.54) is 25.7 Å². The predicted molar refractivity (Wildman–Crippen MR) is 80.1 cm³/mol. The first-order valence-electron chi connectivity index (χ1n) is 7.21. The largest absolute Gasteiger partial charge is 0.354 e. The predicted octanol–water partition coefficient (Wildman–Crippen LogP) is 2.56. The van der Waals surface area contributed by atoms with Crippen molar-refractivity contribution < 1.29 is 4.79 Å². The third kappa shape index (κ3) is 4.81. The van der Waals surface area contributed by atoms with Crippen LogP contribution < -0.4 is 10.6 Å². The second kappa shape index (κ2) is 8.05. The topological polar surface area (TPSA) is 41.1 Å². The average molecular weight is 272 g/mol. The molecule has 0 unspecified atom stereocenters. The lowest BCUT2D eigenvalue weighted by Gasteiger charge is -2.29. The molecular formula is C14H28N2OS. The maximum Gasteiger partial charge on any atom is 0.234 e. The van der Waals surface area contributed by atoms with Gasteiger partial charge in [-0.15, -0.1) is 0 Å². The molecular weight excluding hydrogens is 244 g/mol. The zero-order chi connectivity index (χ0) is 13.4. The van der Waals surface area contributed by atoms with Crippen LogP contribution in [0.25, 0.3) is 0 Å². The molecule has 0 aliphatic heterocycles. The van der Waals surface area contributed by atoms with Crippen LogP contribution in [0.1, 0.15) is 52.4 Å². The summed E-state index contributed by atoms with van der Waals surface area (Å²) < 4.78 is 0.211. The van der Waals surface area contributed by atoms with Gasteiger partial charge in [-0.3, -0.25) is 4.79 Å². The van der Waals surface area contributed by atoms with Gasteiger partial charge < -0.3 is 10.6 Å². The van der Waals surface area contributed by atoms with Crippen LogP contribution in [-0.2, 0) is 4.79 Å². The quantitative estimate of drug-likeness (QED) is 0.713. The molecule has 1 aliphatic rings. The highest BCUT2D eigenvalue weighted by atomic mass is 32.2. The van der Waals surface area contributed by atoms with Crippen molar-refractivity contribution in [3.63, 3.8) is 0 Å². The minimum atomic E-state index is 0.141. The van der Waals surface area contributed by atoms with Crippen molar-refractivity contribution in [3.8, 4) is 0 Å². The first-order chi connectivity index (χ1) is 8.65. The van der Waals surface area contributed by atoms with E-state index in [2.05, 4.69) is 30.7 Å². The Bertz CT molecular complexity index is 240. The molecule has 0 saturated heterocycles. The van der Waals surface area contributed by atoms with Gasteiger partial charge in [0.15, 0.2) is 0 Å². The SMILES string of the molecule is CCC(CC)(CNC(=O)CNC1CCCC1)SC. The molecule has 18 heavy (non-hydrogen) atoms. The normalized spacial score (nSPS) is 17.1. The summed E-state index contributed by atoms with van der Waals surface area (Å²) in [6.07, 6.45) is 9.40. The van der Waals surface area contributed by atoms with E-state index < -0.39 is 0 Å². The van der Waals surface area contributed by atoms with Crippen LogP contribution >= 0.6 is 11.8 Å². The van der Waals surface area contributed by atoms with Crippen molar-refractivity contribution in [1.29, 1.82) is 0 Å². The molecule has 2 N–H and O–H groups in total. The van der Waals surface area contributed by atoms with Crippen molar-refractivity contribution >= 4 is 17.7 Å². The van der Waals surface area contributed by atoms with Crippen LogP contribution in [0.3, 0.4) is 0 Å². The highest BCUT2D eigenvalue weighted by Crippen LogP contribution is 2.29. The Labute approximate surface area is 116 Å². The molecule has 1 rings (SSSR count). The summed E-state index contributed by atoms with van der Waals surface area (Å²) in [5.74, 6) is 0.141. The molecule has 0 atom stereocenters. The van der Waals surface area contributed by atoms with Crippen LogP contribution in [0.15, 0.2) is 0 Å². The lowest BCUT2D eigenvalue weighted by atomic mass is 10.0. The Kier molecular flexibility index (Phi) is 7.08. The van der Waals surface area contributed by atoms with Crippen molar-refractivity contribution in [2.24, 2.45) is 0 Å². The van der Waals surface area contributed by atoms with Crippen LogP contribution in [0.4, 0.5) is 0 Å². The van der Waals surface area contributed by atoms with Gasteiger partial charge in [0, 0.05) is 17.3 Å². The molecule has 0 bridgehead atoms. The maximum atomic E-state index is 11.8. The van der Waals surface area contributed by atoms with Gasteiger partial charge >= 0.3 is 0 Å². The summed E-state index contributed by atoms with van der Waals surface area (Å²) >= 11 is 1.87. The highest BCUT2D eigenvalue weighted by molar-refractivity contribution is 8.00. The number of carbonyl (C=O) groups excluding carboxylic acids is 1. The molecule has 0 aromatic carbocycles. The molecule has 3 nitrogen and oxygen atoms in total. The number of nitrogens with one attached hydrogen (secondary N) is 2. The van der Waals surface area contributed by atoms with E-state index in [0.717, 1.165) is 19.4 Å². The molecule has 0 spiro atoms. The maximum absolute atomic E-state index is 11.8. The Balaban J connectivity index is 2.22. The van der Waals surface area contributed by atoms with E-state index in [1.54, 1.807) is 0 Å². The Morgan fingerprint density at radius 2 is 1.89 bits per heavy atom. The lowest BCUT2D eigenvalue weighted by molar-refractivity contribution is -0.120. The molecule has 1 amide bonds. The van der Waals surface area contributed by atoms with Crippen molar-refractivity contribution in [2.45, 2.75) is 63.2 Å². The van der Waals surface area contributed by atoms with Gasteiger partial charge in [0.25, 0.3) is 0 Å². The standard InChI is InChI=1S/C14H28N2OS/c1-4-14(5-2,18-3)11-16-13(17)10-15-12-8-6-7-9-12/h12,15H,4-11H2,1-3H3,(H,16,17). The molecule has 0 aromatic heterocycles. The fourth-order valence-electron chi connectivity index (χ4n) is 2.55. The molecule has 4 heteroatoms. The fourth-order valence-corrected chi connectivity index (χ4v) is 3.34. The summed E-state index contributed by atoms with van der Waals surface area (Å²) in [4.78, 5) is 11.8. The van der Waals surface area contributed by atoms with E-state index in [9.17, 15) is 4.79 Å². The molecule has 1 fully saturated rings. The minimum absolute atomic E-state index is 0.141. The Morgan fingerprint density at radius 1 is 1.28 bits per heavy atom. The van der Waals surface area contributed by atoms with Gasteiger partial charge in [0.2, 0.25) is 5.91 Å². The van der Waals surface area contributed by atoms with Gasteiger partial charge in [0.1, 0.15) is 0 Å². The van der Waals surface area contributed by atoms with Crippen molar-refractivity contribution in [1.82, 2.24) is 10.6 Å². The van der Waals surface area contributed by atoms with E-state index in [1.807, 2.05) is 11.8 Å². The van der Waals surface area contributed by atoms with Crippen LogP contribution in [0.5, 0.6) is 0 Å². The van der Waals surface area contributed by atoms with Gasteiger partial charge in [-0.25, -0.2) is 0 Å². The molecule has 0 heterocycles. The van der Waals surface area contributed by atoms with Crippen LogP contribution in [0.2, 0.25) is 0 Å². The summed E-state index contributed by atoms with van der Waals surface area (Å²) in [6.45, 7) is 5.65. The summed E-state index contributed by atoms with van der Waals surface area (Å²) in [6, 6.07) is 0.568. The number of rotatable bonds is 8. The number of hydrogen-bond donors (Lipinski definition) is 2. The zero-order valence-corrected chi connectivity index (χ0v) is 12.9. The van der Waals surface area contributed by atoms with Crippen LogP contribution in [0, 0.1) is 0 Å². The van der Waals surface area contributed by atoms with Gasteiger partial charge in [-0.2, -0.15) is 11.8 Å². The van der Waals surface area contributed by atoms with E-state index in [0.29, 0.717) is 12.6 Å². The fraction of sp³-hybridized carbons (Fsp3) is 0.929. The van der Waals surface area contributed by atoms with Gasteiger partial charge in [-0.1, -0.05) is 26.7 Å². The van der Waals surface area contributed by atoms with Gasteiger partial charge in [0.05, 0.1) is 6.54 Å². The first-order valence-corrected chi connectivity index (χ1v) is 8.43. The third-order valence-corrected chi connectivity index (χ3v) is 5.82.